The minimum Gasteiger partial charge on any atom is -0.497 e. The zero-order chi connectivity index (χ0) is 28.5. The van der Waals surface area contributed by atoms with Gasteiger partial charge in [-0.05, 0) is 117 Å². The number of rotatable bonds is 7. The third kappa shape index (κ3) is 5.02. The molecule has 5 aromatic rings. The van der Waals surface area contributed by atoms with Gasteiger partial charge < -0.3 is 24.3 Å². The summed E-state index contributed by atoms with van der Waals surface area (Å²) in [5.41, 5.74) is 6.40. The predicted molar refractivity (Wildman–Crippen MR) is 165 cm³/mol. The Labute approximate surface area is 245 Å². The molecule has 8 heteroatoms. The molecule has 1 fully saturated rings. The van der Waals surface area contributed by atoms with Crippen molar-refractivity contribution in [3.63, 3.8) is 0 Å². The van der Waals surface area contributed by atoms with Crippen molar-refractivity contribution in [1.29, 1.82) is 0 Å². The van der Waals surface area contributed by atoms with Crippen LogP contribution in [-0.2, 0) is 0 Å². The number of hydrogen-bond donors (Lipinski definition) is 1. The van der Waals surface area contributed by atoms with Gasteiger partial charge >= 0.3 is 0 Å². The van der Waals surface area contributed by atoms with Crippen LogP contribution < -0.4 is 19.7 Å². The smallest absolute Gasteiger partial charge is 0.174 e. The highest BCUT2D eigenvalue weighted by molar-refractivity contribution is 7.80. The molecule has 0 saturated carbocycles. The Bertz CT molecular complexity index is 1680. The summed E-state index contributed by atoms with van der Waals surface area (Å²) in [6, 6.07) is 27.6. The molecule has 2 atom stereocenters. The first-order chi connectivity index (χ1) is 19.9. The molecular formula is C33H31N5O2S. The lowest BCUT2D eigenvalue weighted by Gasteiger charge is -2.28. The molecule has 1 N–H and O–H groups in total. The van der Waals surface area contributed by atoms with E-state index in [-0.39, 0.29) is 12.1 Å². The van der Waals surface area contributed by atoms with Crippen molar-refractivity contribution in [1.82, 2.24) is 19.9 Å². The van der Waals surface area contributed by atoms with Gasteiger partial charge in [0.05, 0.1) is 24.9 Å². The quantitative estimate of drug-likeness (QED) is 0.211. The number of aryl methyl sites for hydroxylation is 2. The molecule has 1 aliphatic rings. The normalized spacial score (nSPS) is 16.5. The zero-order valence-electron chi connectivity index (χ0n) is 23.4. The van der Waals surface area contributed by atoms with E-state index >= 15 is 0 Å². The van der Waals surface area contributed by atoms with Crippen molar-refractivity contribution < 1.29 is 9.47 Å². The van der Waals surface area contributed by atoms with E-state index < -0.39 is 0 Å². The van der Waals surface area contributed by atoms with Crippen molar-refractivity contribution in [2.75, 3.05) is 12.0 Å². The second-order valence-corrected chi connectivity index (χ2v) is 10.5. The van der Waals surface area contributed by atoms with Gasteiger partial charge in [-0.15, -0.1) is 0 Å². The van der Waals surface area contributed by atoms with Gasteiger partial charge in [0.2, 0.25) is 0 Å². The molecule has 0 aliphatic carbocycles. The van der Waals surface area contributed by atoms with Crippen LogP contribution in [0.25, 0.3) is 5.82 Å². The van der Waals surface area contributed by atoms with Gasteiger partial charge in [-0.3, -0.25) is 4.98 Å². The van der Waals surface area contributed by atoms with Crippen LogP contribution in [0, 0.1) is 20.8 Å². The Morgan fingerprint density at radius 3 is 2.15 bits per heavy atom. The number of thiocarbonyl (C=S) groups is 1. The highest BCUT2D eigenvalue weighted by atomic mass is 32.1. The summed E-state index contributed by atoms with van der Waals surface area (Å²) in [5, 5.41) is 4.21. The number of hydrogen-bond acceptors (Lipinski definition) is 5. The van der Waals surface area contributed by atoms with Gasteiger partial charge in [-0.1, -0.05) is 12.1 Å². The third-order valence-electron chi connectivity index (χ3n) is 7.49. The topological polar surface area (TPSA) is 64.4 Å². The number of pyridine rings is 2. The Balaban J connectivity index is 1.39. The molecule has 1 aliphatic heterocycles. The molecule has 1 saturated heterocycles. The molecule has 4 heterocycles. The molecule has 6 rings (SSSR count). The fourth-order valence-electron chi connectivity index (χ4n) is 5.53. The van der Waals surface area contributed by atoms with Crippen LogP contribution >= 0.6 is 12.2 Å². The first-order valence-corrected chi connectivity index (χ1v) is 13.9. The lowest BCUT2D eigenvalue weighted by Crippen LogP contribution is -2.29. The van der Waals surface area contributed by atoms with Crippen LogP contribution in [0.4, 0.5) is 5.69 Å². The van der Waals surface area contributed by atoms with E-state index in [9.17, 15) is 0 Å². The molecule has 41 heavy (non-hydrogen) atoms. The minimum atomic E-state index is -0.141. The number of ether oxygens (including phenoxy) is 2. The van der Waals surface area contributed by atoms with E-state index in [1.54, 1.807) is 7.11 Å². The number of aromatic nitrogens is 3. The highest BCUT2D eigenvalue weighted by Crippen LogP contribution is 2.44. The lowest BCUT2D eigenvalue weighted by atomic mass is 9.96. The SMILES string of the molecule is COc1ccc(Oc2ccc(N3C(=S)N[C@@H](c4ccccn4)[C@H]3c3cc(C)n(-c4ncccc4C)c3C)cc2)cc1. The summed E-state index contributed by atoms with van der Waals surface area (Å²) in [6.45, 7) is 6.36. The molecule has 2 aromatic carbocycles. The van der Waals surface area contributed by atoms with E-state index in [4.69, 9.17) is 31.7 Å². The van der Waals surface area contributed by atoms with Crippen LogP contribution in [0.15, 0.2) is 97.3 Å². The maximum Gasteiger partial charge on any atom is 0.174 e. The third-order valence-corrected chi connectivity index (χ3v) is 7.81. The Morgan fingerprint density at radius 1 is 0.805 bits per heavy atom. The summed E-state index contributed by atoms with van der Waals surface area (Å²) in [4.78, 5) is 11.6. The van der Waals surface area contributed by atoms with Crippen LogP contribution in [0.3, 0.4) is 0 Å². The van der Waals surface area contributed by atoms with Crippen LogP contribution in [0.2, 0.25) is 0 Å². The zero-order valence-corrected chi connectivity index (χ0v) is 24.2. The number of nitrogens with one attached hydrogen (secondary N) is 1. The molecule has 0 spiro atoms. The number of anilines is 1. The second-order valence-electron chi connectivity index (χ2n) is 10.1. The van der Waals surface area contributed by atoms with Gasteiger partial charge in [0.1, 0.15) is 23.1 Å². The monoisotopic (exact) mass is 561 g/mol. The Hall–Kier alpha value is -4.69. The highest BCUT2D eigenvalue weighted by Gasteiger charge is 2.42. The van der Waals surface area contributed by atoms with Crippen LogP contribution in [-0.4, -0.2) is 26.8 Å². The second kappa shape index (κ2) is 11.1. The number of benzene rings is 2. The molecular weight excluding hydrogens is 530 g/mol. The van der Waals surface area contributed by atoms with E-state index in [1.807, 2.05) is 85.2 Å². The van der Waals surface area contributed by atoms with Gasteiger partial charge in [0.25, 0.3) is 0 Å². The average molecular weight is 562 g/mol. The van der Waals surface area contributed by atoms with E-state index in [0.717, 1.165) is 57.0 Å². The largest absolute Gasteiger partial charge is 0.497 e. The van der Waals surface area contributed by atoms with Crippen molar-refractivity contribution in [2.45, 2.75) is 32.9 Å². The molecule has 0 amide bonds. The van der Waals surface area contributed by atoms with E-state index in [2.05, 4.69) is 47.7 Å². The Kier molecular flexibility index (Phi) is 7.15. The number of nitrogens with zero attached hydrogens (tertiary/aromatic N) is 4. The average Bonchev–Trinajstić information content (AvgIpc) is 3.49. The summed E-state index contributed by atoms with van der Waals surface area (Å²) >= 11 is 5.96. The molecule has 3 aromatic heterocycles. The summed E-state index contributed by atoms with van der Waals surface area (Å²) in [7, 11) is 1.65. The minimum absolute atomic E-state index is 0.130. The predicted octanol–water partition coefficient (Wildman–Crippen LogP) is 7.17. The lowest BCUT2D eigenvalue weighted by molar-refractivity contribution is 0.413. The van der Waals surface area contributed by atoms with Gasteiger partial charge in [-0.25, -0.2) is 4.98 Å². The van der Waals surface area contributed by atoms with Crippen molar-refractivity contribution in [2.24, 2.45) is 0 Å². The maximum absolute atomic E-state index is 6.08. The van der Waals surface area contributed by atoms with E-state index in [1.165, 1.54) is 0 Å². The summed E-state index contributed by atoms with van der Waals surface area (Å²) in [6.07, 6.45) is 3.66. The fourth-order valence-corrected chi connectivity index (χ4v) is 5.87. The van der Waals surface area contributed by atoms with Gasteiger partial charge in [0.15, 0.2) is 5.11 Å². The first-order valence-electron chi connectivity index (χ1n) is 13.5. The summed E-state index contributed by atoms with van der Waals surface area (Å²) in [5.74, 6) is 3.19. The Morgan fingerprint density at radius 2 is 1.49 bits per heavy atom. The van der Waals surface area contributed by atoms with Crippen LogP contribution in [0.1, 0.15) is 40.3 Å². The molecule has 206 valence electrons. The summed E-state index contributed by atoms with van der Waals surface area (Å²) < 4.78 is 13.6. The van der Waals surface area contributed by atoms with E-state index in [0.29, 0.717) is 5.11 Å². The fraction of sp³-hybridized carbons (Fsp3) is 0.182. The number of methoxy groups -OCH3 is 1. The maximum atomic E-state index is 6.08. The van der Waals surface area contributed by atoms with Gasteiger partial charge in [-0.2, -0.15) is 0 Å². The van der Waals surface area contributed by atoms with Crippen molar-refractivity contribution in [3.05, 3.63) is 126 Å². The molecule has 0 unspecified atom stereocenters. The van der Waals surface area contributed by atoms with Crippen LogP contribution in [0.5, 0.6) is 17.2 Å². The van der Waals surface area contributed by atoms with Crippen molar-refractivity contribution in [3.8, 4) is 23.1 Å². The first kappa shape index (κ1) is 26.5. The van der Waals surface area contributed by atoms with Crippen molar-refractivity contribution >= 4 is 23.0 Å². The van der Waals surface area contributed by atoms with Gasteiger partial charge in [0, 0.05) is 29.5 Å². The molecule has 0 radical (unpaired) electrons. The standard InChI is InChI=1S/C33H31N5O2S/c1-21-8-7-19-35-32(21)37-22(2)20-28(23(37)3)31-30(29-9-5-6-18-34-29)36-33(41)38(31)24-10-12-26(13-11-24)40-27-16-14-25(39-4)15-17-27/h5-20,30-31H,1-4H3,(H,36,41)/t30-,31+/m0/s1. The molecule has 0 bridgehead atoms. The molecule has 7 nitrogen and oxygen atoms in total.